The van der Waals surface area contributed by atoms with E-state index in [1.807, 2.05) is 11.3 Å². The van der Waals surface area contributed by atoms with Gasteiger partial charge in [-0.25, -0.2) is 0 Å². The molecular weight excluding hydrogens is 440 g/mol. The molecule has 35 heavy (non-hydrogen) atoms. The van der Waals surface area contributed by atoms with Crippen LogP contribution in [0.5, 0.6) is 0 Å². The highest BCUT2D eigenvalue weighted by atomic mass is 32.1. The Hall–Kier alpha value is -3.42. The topological polar surface area (TPSA) is 0 Å². The minimum atomic E-state index is 0.562. The van der Waals surface area contributed by atoms with Gasteiger partial charge in [-0.2, -0.15) is 0 Å². The van der Waals surface area contributed by atoms with Gasteiger partial charge in [0.1, 0.15) is 0 Å². The molecule has 0 unspecified atom stereocenters. The fraction of sp³-hybridized carbons (Fsp3) is 0.176. The van der Waals surface area contributed by atoms with Crippen LogP contribution in [-0.2, 0) is 0 Å². The molecule has 1 aromatic heterocycles. The van der Waals surface area contributed by atoms with Gasteiger partial charge >= 0.3 is 0 Å². The van der Waals surface area contributed by atoms with E-state index in [2.05, 4.69) is 137 Å². The van der Waals surface area contributed by atoms with Gasteiger partial charge in [0.25, 0.3) is 0 Å². The van der Waals surface area contributed by atoms with Crippen molar-refractivity contribution in [2.24, 2.45) is 0 Å². The molecule has 0 amide bonds. The molecule has 4 aromatic carbocycles. The summed E-state index contributed by atoms with van der Waals surface area (Å²) in [5.74, 6) is 1.12. The third kappa shape index (κ3) is 5.16. The number of benzene rings is 4. The maximum atomic E-state index is 2.24. The first-order valence-electron chi connectivity index (χ1n) is 12.5. The Morgan fingerprint density at radius 3 is 0.886 bits per heavy atom. The Labute approximate surface area is 213 Å². The lowest BCUT2D eigenvalue weighted by Crippen LogP contribution is -1.86. The van der Waals surface area contributed by atoms with Crippen molar-refractivity contribution in [1.29, 1.82) is 0 Å². The highest BCUT2D eigenvalue weighted by Gasteiger charge is 2.08. The van der Waals surface area contributed by atoms with Crippen LogP contribution in [0.25, 0.3) is 43.1 Å². The molecule has 0 aliphatic heterocycles. The van der Waals surface area contributed by atoms with Crippen LogP contribution in [0.15, 0.2) is 109 Å². The molecule has 0 aliphatic carbocycles. The molecule has 0 spiro atoms. The molecule has 1 heteroatoms. The third-order valence-electron chi connectivity index (χ3n) is 6.77. The van der Waals surface area contributed by atoms with E-state index in [1.54, 1.807) is 0 Å². The normalized spacial score (nSPS) is 11.4. The summed E-state index contributed by atoms with van der Waals surface area (Å²) in [6.07, 6.45) is 0. The number of hydrogen-bond acceptors (Lipinski definition) is 1. The van der Waals surface area contributed by atoms with Crippen molar-refractivity contribution in [3.05, 3.63) is 120 Å². The van der Waals surface area contributed by atoms with E-state index in [-0.39, 0.29) is 0 Å². The SMILES string of the molecule is CC(C)c1ccc(-c2ccc(-c3ccc(-c4ccc(-c5ccc(C(C)C)cc5)cc4)s3)cc2)cc1. The van der Waals surface area contributed by atoms with E-state index in [9.17, 15) is 0 Å². The van der Waals surface area contributed by atoms with Crippen molar-refractivity contribution < 1.29 is 0 Å². The highest BCUT2D eigenvalue weighted by Crippen LogP contribution is 2.36. The first-order chi connectivity index (χ1) is 17.0. The molecule has 174 valence electrons. The van der Waals surface area contributed by atoms with Gasteiger partial charge in [0.05, 0.1) is 0 Å². The lowest BCUT2D eigenvalue weighted by atomic mass is 9.98. The molecule has 5 aromatic rings. The van der Waals surface area contributed by atoms with Crippen molar-refractivity contribution in [3.8, 4) is 43.1 Å². The predicted molar refractivity (Wildman–Crippen MR) is 154 cm³/mol. The molecule has 0 fully saturated rings. The molecule has 0 bridgehead atoms. The minimum Gasteiger partial charge on any atom is -0.135 e. The minimum absolute atomic E-state index is 0.562. The Balaban J connectivity index is 1.31. The Morgan fingerprint density at radius 2 is 0.600 bits per heavy atom. The molecule has 0 nitrogen and oxygen atoms in total. The molecule has 0 N–H and O–H groups in total. The van der Waals surface area contributed by atoms with Gasteiger partial charge in [0, 0.05) is 9.75 Å². The first-order valence-corrected chi connectivity index (χ1v) is 13.3. The molecular formula is C34H32S. The van der Waals surface area contributed by atoms with Crippen LogP contribution in [0.1, 0.15) is 50.7 Å². The quantitative estimate of drug-likeness (QED) is 0.230. The molecule has 5 rings (SSSR count). The summed E-state index contributed by atoms with van der Waals surface area (Å²) in [5, 5.41) is 0. The average molecular weight is 473 g/mol. The van der Waals surface area contributed by atoms with Crippen LogP contribution < -0.4 is 0 Å². The van der Waals surface area contributed by atoms with Crippen LogP contribution in [0.2, 0.25) is 0 Å². The van der Waals surface area contributed by atoms with Crippen LogP contribution in [-0.4, -0.2) is 0 Å². The van der Waals surface area contributed by atoms with Crippen LogP contribution in [0.3, 0.4) is 0 Å². The fourth-order valence-corrected chi connectivity index (χ4v) is 5.44. The second kappa shape index (κ2) is 10.1. The maximum absolute atomic E-state index is 2.24. The largest absolute Gasteiger partial charge is 0.135 e. The van der Waals surface area contributed by atoms with Gasteiger partial charge in [0.2, 0.25) is 0 Å². The standard InChI is InChI=1S/C34H32S/c1-23(2)25-5-9-27(10-6-25)29-13-17-31(18-14-29)33-21-22-34(35-33)32-19-15-30(16-20-32)28-11-7-26(8-12-28)24(3)4/h5-24H,1-4H3. The van der Waals surface area contributed by atoms with Crippen molar-refractivity contribution in [3.63, 3.8) is 0 Å². The van der Waals surface area contributed by atoms with E-state index in [1.165, 1.54) is 54.3 Å². The summed E-state index contributed by atoms with van der Waals surface area (Å²) >= 11 is 1.85. The summed E-state index contributed by atoms with van der Waals surface area (Å²) in [4.78, 5) is 2.60. The fourth-order valence-electron chi connectivity index (χ4n) is 4.42. The maximum Gasteiger partial charge on any atom is 0.0349 e. The van der Waals surface area contributed by atoms with Crippen molar-refractivity contribution >= 4 is 11.3 Å². The van der Waals surface area contributed by atoms with E-state index in [4.69, 9.17) is 0 Å². The second-order valence-corrected chi connectivity index (χ2v) is 11.0. The Morgan fingerprint density at radius 1 is 0.343 bits per heavy atom. The predicted octanol–water partition coefficient (Wildman–Crippen LogP) is 10.7. The van der Waals surface area contributed by atoms with Gasteiger partial charge in [-0.05, 0) is 68.5 Å². The van der Waals surface area contributed by atoms with Gasteiger partial charge < -0.3 is 0 Å². The summed E-state index contributed by atoms with van der Waals surface area (Å²) in [5.41, 5.74) is 10.4. The summed E-state index contributed by atoms with van der Waals surface area (Å²) in [6, 6.07) is 40.3. The Kier molecular flexibility index (Phi) is 6.70. The van der Waals surface area contributed by atoms with Gasteiger partial charge in [-0.1, -0.05) is 125 Å². The summed E-state index contributed by atoms with van der Waals surface area (Å²) in [7, 11) is 0. The second-order valence-electron chi connectivity index (χ2n) is 9.87. The van der Waals surface area contributed by atoms with Crippen LogP contribution >= 0.6 is 11.3 Å². The van der Waals surface area contributed by atoms with E-state index in [0.717, 1.165) is 0 Å². The van der Waals surface area contributed by atoms with Gasteiger partial charge in [-0.15, -0.1) is 11.3 Å². The monoisotopic (exact) mass is 472 g/mol. The van der Waals surface area contributed by atoms with Crippen molar-refractivity contribution in [1.82, 2.24) is 0 Å². The summed E-state index contributed by atoms with van der Waals surface area (Å²) < 4.78 is 0. The average Bonchev–Trinajstić information content (AvgIpc) is 3.39. The summed E-state index contributed by atoms with van der Waals surface area (Å²) in [6.45, 7) is 8.94. The lowest BCUT2D eigenvalue weighted by Gasteiger charge is -2.08. The van der Waals surface area contributed by atoms with Crippen LogP contribution in [0.4, 0.5) is 0 Å². The third-order valence-corrected chi connectivity index (χ3v) is 7.95. The van der Waals surface area contributed by atoms with Crippen molar-refractivity contribution in [2.45, 2.75) is 39.5 Å². The molecule has 0 radical (unpaired) electrons. The Bertz CT molecular complexity index is 1270. The smallest absolute Gasteiger partial charge is 0.0349 e. The zero-order valence-corrected chi connectivity index (χ0v) is 21.8. The molecule has 0 atom stereocenters. The number of thiophene rings is 1. The van der Waals surface area contributed by atoms with Crippen molar-refractivity contribution in [2.75, 3.05) is 0 Å². The van der Waals surface area contributed by atoms with Gasteiger partial charge in [0.15, 0.2) is 0 Å². The number of rotatable bonds is 6. The molecule has 0 saturated carbocycles. The van der Waals surface area contributed by atoms with Crippen LogP contribution in [0, 0.1) is 0 Å². The highest BCUT2D eigenvalue weighted by molar-refractivity contribution is 7.18. The van der Waals surface area contributed by atoms with E-state index in [0.29, 0.717) is 11.8 Å². The van der Waals surface area contributed by atoms with E-state index < -0.39 is 0 Å². The number of hydrogen-bond donors (Lipinski definition) is 0. The molecule has 0 aliphatic rings. The molecule has 0 saturated heterocycles. The van der Waals surface area contributed by atoms with Gasteiger partial charge in [-0.3, -0.25) is 0 Å². The van der Waals surface area contributed by atoms with E-state index >= 15 is 0 Å². The lowest BCUT2D eigenvalue weighted by molar-refractivity contribution is 0.867. The zero-order chi connectivity index (χ0) is 24.4. The zero-order valence-electron chi connectivity index (χ0n) is 21.0. The molecule has 1 heterocycles. The first kappa shape index (κ1) is 23.3.